The zero-order valence-electron chi connectivity index (χ0n) is 19.1. The number of hydrogen-bond acceptors (Lipinski definition) is 6. The lowest BCUT2D eigenvalue weighted by atomic mass is 9.99. The Bertz CT molecular complexity index is 992. The van der Waals surface area contributed by atoms with Gasteiger partial charge >= 0.3 is 0 Å². The van der Waals surface area contributed by atoms with E-state index < -0.39 is 11.8 Å². The molecule has 2 aromatic rings. The average Bonchev–Trinajstić information content (AvgIpc) is 2.84. The van der Waals surface area contributed by atoms with Gasteiger partial charge < -0.3 is 14.2 Å². The van der Waals surface area contributed by atoms with Crippen LogP contribution in [-0.4, -0.2) is 37.8 Å². The predicted octanol–water partition coefficient (Wildman–Crippen LogP) is 3.33. The molecule has 0 heterocycles. The maximum Gasteiger partial charge on any atom is 0.276 e. The SMILES string of the molecule is CCC(C)c1ccc(OCC(=O)NNC(=S)NC(=O)/C=C/c2ccc(OC)c(OC)c2)cc1. The van der Waals surface area contributed by atoms with Gasteiger partial charge in [-0.25, -0.2) is 0 Å². The predicted molar refractivity (Wildman–Crippen MR) is 131 cm³/mol. The van der Waals surface area contributed by atoms with Gasteiger partial charge in [-0.15, -0.1) is 0 Å². The topological polar surface area (TPSA) is 97.9 Å². The summed E-state index contributed by atoms with van der Waals surface area (Å²) in [5.74, 6) is 1.29. The fraction of sp³-hybridized carbons (Fsp3) is 0.292. The fourth-order valence-corrected chi connectivity index (χ4v) is 2.90. The van der Waals surface area contributed by atoms with Gasteiger partial charge in [0.15, 0.2) is 23.2 Å². The van der Waals surface area contributed by atoms with E-state index in [0.717, 1.165) is 12.0 Å². The van der Waals surface area contributed by atoms with Crippen LogP contribution in [0.1, 0.15) is 37.3 Å². The van der Waals surface area contributed by atoms with Crippen molar-refractivity contribution in [2.24, 2.45) is 0 Å². The average molecular weight is 472 g/mol. The molecule has 0 aromatic heterocycles. The largest absolute Gasteiger partial charge is 0.493 e. The van der Waals surface area contributed by atoms with Gasteiger partial charge in [0, 0.05) is 6.08 Å². The molecule has 3 N–H and O–H groups in total. The molecule has 1 unspecified atom stereocenters. The Labute approximate surface area is 199 Å². The minimum atomic E-state index is -0.464. The lowest BCUT2D eigenvalue weighted by Gasteiger charge is -2.12. The first-order valence-corrected chi connectivity index (χ1v) is 10.8. The van der Waals surface area contributed by atoms with E-state index in [9.17, 15) is 9.59 Å². The number of nitrogens with one attached hydrogen (secondary N) is 3. The van der Waals surface area contributed by atoms with Gasteiger partial charge in [0.25, 0.3) is 5.91 Å². The van der Waals surface area contributed by atoms with Crippen LogP contribution < -0.4 is 30.4 Å². The summed E-state index contributed by atoms with van der Waals surface area (Å²) >= 11 is 5.01. The molecule has 0 aliphatic heterocycles. The number of hydrogen-bond donors (Lipinski definition) is 3. The molecule has 9 heteroatoms. The van der Waals surface area contributed by atoms with E-state index >= 15 is 0 Å². The number of hydrazine groups is 1. The smallest absolute Gasteiger partial charge is 0.276 e. The van der Waals surface area contributed by atoms with Crippen molar-refractivity contribution in [2.45, 2.75) is 26.2 Å². The van der Waals surface area contributed by atoms with Gasteiger partial charge in [-0.2, -0.15) is 0 Å². The quantitative estimate of drug-likeness (QED) is 0.293. The molecule has 33 heavy (non-hydrogen) atoms. The van der Waals surface area contributed by atoms with E-state index in [1.54, 1.807) is 31.4 Å². The number of rotatable bonds is 9. The Morgan fingerprint density at radius 2 is 1.73 bits per heavy atom. The van der Waals surface area contributed by atoms with Crippen molar-refractivity contribution >= 4 is 35.2 Å². The molecule has 2 aromatic carbocycles. The third-order valence-corrected chi connectivity index (χ3v) is 5.02. The van der Waals surface area contributed by atoms with Crippen molar-refractivity contribution < 1.29 is 23.8 Å². The molecule has 0 radical (unpaired) electrons. The van der Waals surface area contributed by atoms with Crippen LogP contribution in [-0.2, 0) is 9.59 Å². The Morgan fingerprint density at radius 1 is 1.03 bits per heavy atom. The van der Waals surface area contributed by atoms with E-state index in [1.165, 1.54) is 18.7 Å². The summed E-state index contributed by atoms with van der Waals surface area (Å²) in [7, 11) is 3.08. The summed E-state index contributed by atoms with van der Waals surface area (Å²) in [4.78, 5) is 24.0. The van der Waals surface area contributed by atoms with Crippen molar-refractivity contribution in [3.63, 3.8) is 0 Å². The molecule has 8 nitrogen and oxygen atoms in total. The maximum atomic E-state index is 12.0. The summed E-state index contributed by atoms with van der Waals surface area (Å²) in [6.45, 7) is 4.09. The number of amides is 2. The van der Waals surface area contributed by atoms with Crippen molar-refractivity contribution in [3.05, 3.63) is 59.7 Å². The van der Waals surface area contributed by atoms with E-state index in [1.807, 2.05) is 24.3 Å². The highest BCUT2D eigenvalue weighted by Crippen LogP contribution is 2.28. The van der Waals surface area contributed by atoms with Gasteiger partial charge in [0.2, 0.25) is 5.91 Å². The van der Waals surface area contributed by atoms with Gasteiger partial charge in [0.1, 0.15) is 5.75 Å². The molecule has 0 saturated heterocycles. The normalized spacial score (nSPS) is 11.4. The molecule has 2 amide bonds. The standard InChI is InChI=1S/C24H29N3O5S/c1-5-16(2)18-8-10-19(11-9-18)32-15-23(29)26-27-24(33)25-22(28)13-7-17-6-12-20(30-3)21(14-17)31-4/h6-14,16H,5,15H2,1-4H3,(H,26,29)(H2,25,27,28,33)/b13-7+. The number of carbonyl (C=O) groups is 2. The monoisotopic (exact) mass is 471 g/mol. The van der Waals surface area contributed by atoms with Crippen molar-refractivity contribution in [2.75, 3.05) is 20.8 Å². The first kappa shape index (κ1) is 25.7. The summed E-state index contributed by atoms with van der Waals surface area (Å²) in [5, 5.41) is 2.38. The third-order valence-electron chi connectivity index (χ3n) is 4.82. The number of methoxy groups -OCH3 is 2. The number of ether oxygens (including phenoxy) is 3. The molecule has 0 fully saturated rings. The van der Waals surface area contributed by atoms with Crippen LogP contribution in [0.5, 0.6) is 17.2 Å². The molecule has 176 valence electrons. The Hall–Kier alpha value is -3.59. The molecule has 0 aliphatic carbocycles. The zero-order valence-corrected chi connectivity index (χ0v) is 20.0. The van der Waals surface area contributed by atoms with Crippen molar-refractivity contribution in [3.8, 4) is 17.2 Å². The van der Waals surface area contributed by atoms with Crippen LogP contribution in [0.25, 0.3) is 6.08 Å². The summed E-state index contributed by atoms with van der Waals surface area (Å²) < 4.78 is 15.9. The Kier molecular flexibility index (Phi) is 10.2. The van der Waals surface area contributed by atoms with E-state index in [-0.39, 0.29) is 11.7 Å². The van der Waals surface area contributed by atoms with Crippen LogP contribution in [0.2, 0.25) is 0 Å². The second-order valence-corrected chi connectivity index (χ2v) is 7.51. The molecular formula is C24H29N3O5S. The molecule has 0 saturated carbocycles. The molecule has 0 aliphatic rings. The Morgan fingerprint density at radius 3 is 2.36 bits per heavy atom. The number of carbonyl (C=O) groups excluding carboxylic acids is 2. The van der Waals surface area contributed by atoms with Crippen molar-refractivity contribution in [1.29, 1.82) is 0 Å². The van der Waals surface area contributed by atoms with Gasteiger partial charge in [-0.05, 0) is 66.0 Å². The lowest BCUT2D eigenvalue weighted by Crippen LogP contribution is -2.49. The fourth-order valence-electron chi connectivity index (χ4n) is 2.75. The molecule has 2 rings (SSSR count). The van der Waals surface area contributed by atoms with E-state index in [4.69, 9.17) is 26.4 Å². The number of thiocarbonyl (C=S) groups is 1. The Balaban J connectivity index is 1.74. The summed E-state index contributed by atoms with van der Waals surface area (Å²) in [6.07, 6.45) is 3.96. The maximum absolute atomic E-state index is 12.0. The van der Waals surface area contributed by atoms with E-state index in [2.05, 4.69) is 30.0 Å². The highest BCUT2D eigenvalue weighted by atomic mass is 32.1. The van der Waals surface area contributed by atoms with Crippen LogP contribution >= 0.6 is 12.2 Å². The highest BCUT2D eigenvalue weighted by molar-refractivity contribution is 7.80. The van der Waals surface area contributed by atoms with Crippen molar-refractivity contribution in [1.82, 2.24) is 16.2 Å². The highest BCUT2D eigenvalue weighted by Gasteiger charge is 2.07. The first-order chi connectivity index (χ1) is 15.9. The van der Waals surface area contributed by atoms with Gasteiger partial charge in [-0.3, -0.25) is 25.8 Å². The third kappa shape index (κ3) is 8.46. The van der Waals surface area contributed by atoms with Gasteiger partial charge in [-0.1, -0.05) is 32.0 Å². The minimum absolute atomic E-state index is 0.0526. The number of benzene rings is 2. The minimum Gasteiger partial charge on any atom is -0.493 e. The zero-order chi connectivity index (χ0) is 24.2. The molecular weight excluding hydrogens is 442 g/mol. The molecule has 1 atom stereocenters. The second-order valence-electron chi connectivity index (χ2n) is 7.11. The van der Waals surface area contributed by atoms with Gasteiger partial charge in [0.05, 0.1) is 14.2 Å². The van der Waals surface area contributed by atoms with E-state index in [0.29, 0.717) is 23.2 Å². The molecule has 0 bridgehead atoms. The lowest BCUT2D eigenvalue weighted by molar-refractivity contribution is -0.123. The first-order valence-electron chi connectivity index (χ1n) is 10.4. The summed E-state index contributed by atoms with van der Waals surface area (Å²) in [5.41, 5.74) is 6.80. The van der Waals surface area contributed by atoms with Crippen LogP contribution in [0.3, 0.4) is 0 Å². The molecule has 0 spiro atoms. The van der Waals surface area contributed by atoms with Crippen LogP contribution in [0.4, 0.5) is 0 Å². The second kappa shape index (κ2) is 13.1. The van der Waals surface area contributed by atoms with Crippen LogP contribution in [0, 0.1) is 0 Å². The summed E-state index contributed by atoms with van der Waals surface area (Å²) in [6, 6.07) is 12.9. The van der Waals surface area contributed by atoms with Crippen LogP contribution in [0.15, 0.2) is 48.5 Å².